The summed E-state index contributed by atoms with van der Waals surface area (Å²) in [5.41, 5.74) is 0. The lowest BCUT2D eigenvalue weighted by Crippen LogP contribution is -2.47. The lowest BCUT2D eigenvalue weighted by molar-refractivity contribution is -0.401. The predicted octanol–water partition coefficient (Wildman–Crippen LogP) is 1.54. The van der Waals surface area contributed by atoms with Crippen LogP contribution in [0.1, 0.15) is 0 Å². The number of carbonyl (C=O) groups is 1. The molecule has 0 aliphatic heterocycles. The van der Waals surface area contributed by atoms with Gasteiger partial charge < -0.3 is 5.11 Å². The standard InChI is InChI=1S/C4H2F6O3/c5-1(6)3(7,2(11)12)13-4(8,9)10/h1H,(H,11,12). The van der Waals surface area contributed by atoms with Crippen molar-refractivity contribution in [2.45, 2.75) is 18.6 Å². The second-order valence-corrected chi connectivity index (χ2v) is 1.80. The second-order valence-electron chi connectivity index (χ2n) is 1.80. The fourth-order valence-corrected chi connectivity index (χ4v) is 0.350. The molecule has 1 unspecified atom stereocenters. The minimum Gasteiger partial charge on any atom is -0.477 e. The first kappa shape index (κ1) is 12.0. The first-order valence-corrected chi connectivity index (χ1v) is 2.57. The molecule has 0 aromatic heterocycles. The van der Waals surface area contributed by atoms with Gasteiger partial charge in [0.1, 0.15) is 0 Å². The Labute approximate surface area is 66.9 Å². The molecule has 13 heavy (non-hydrogen) atoms. The van der Waals surface area contributed by atoms with Crippen LogP contribution in [0, 0.1) is 0 Å². The van der Waals surface area contributed by atoms with E-state index in [0.29, 0.717) is 0 Å². The van der Waals surface area contributed by atoms with E-state index in [1.807, 2.05) is 0 Å². The van der Waals surface area contributed by atoms with Crippen LogP contribution < -0.4 is 0 Å². The van der Waals surface area contributed by atoms with Gasteiger partial charge in [0.15, 0.2) is 0 Å². The van der Waals surface area contributed by atoms with E-state index in [0.717, 1.165) is 0 Å². The van der Waals surface area contributed by atoms with Gasteiger partial charge in [0.05, 0.1) is 0 Å². The smallest absolute Gasteiger partial charge is 0.477 e. The van der Waals surface area contributed by atoms with Gasteiger partial charge in [-0.2, -0.15) is 4.39 Å². The van der Waals surface area contributed by atoms with Crippen molar-refractivity contribution in [2.75, 3.05) is 0 Å². The molecule has 0 saturated heterocycles. The minimum absolute atomic E-state index is 2.13. The van der Waals surface area contributed by atoms with Crippen molar-refractivity contribution in [3.05, 3.63) is 0 Å². The van der Waals surface area contributed by atoms with Crippen LogP contribution in [0.2, 0.25) is 0 Å². The first-order valence-electron chi connectivity index (χ1n) is 2.57. The highest BCUT2D eigenvalue weighted by Crippen LogP contribution is 2.31. The van der Waals surface area contributed by atoms with Crippen LogP contribution >= 0.6 is 0 Å². The Bertz CT molecular complexity index is 201. The molecular weight excluding hydrogens is 210 g/mol. The molecule has 0 aromatic carbocycles. The molecule has 0 aliphatic rings. The number of carboxylic acid groups (broad SMARTS) is 1. The largest absolute Gasteiger partial charge is 0.525 e. The Kier molecular flexibility index (Phi) is 3.14. The van der Waals surface area contributed by atoms with E-state index in [2.05, 4.69) is 4.74 Å². The number of ether oxygens (including phenoxy) is 1. The molecule has 0 aliphatic carbocycles. The monoisotopic (exact) mass is 212 g/mol. The third-order valence-corrected chi connectivity index (χ3v) is 0.837. The molecule has 9 heteroatoms. The normalized spacial score (nSPS) is 17.2. The van der Waals surface area contributed by atoms with Crippen LogP contribution in [-0.4, -0.2) is 29.7 Å². The number of hydrogen-bond acceptors (Lipinski definition) is 2. The molecule has 0 bridgehead atoms. The molecule has 0 aromatic rings. The van der Waals surface area contributed by atoms with Crippen molar-refractivity contribution in [1.82, 2.24) is 0 Å². The fourth-order valence-electron chi connectivity index (χ4n) is 0.350. The second kappa shape index (κ2) is 3.40. The maximum Gasteiger partial charge on any atom is 0.525 e. The number of carboxylic acids is 1. The molecule has 1 N–H and O–H groups in total. The highest BCUT2D eigenvalue weighted by molar-refractivity contribution is 5.76. The lowest BCUT2D eigenvalue weighted by atomic mass is 10.3. The molecule has 3 nitrogen and oxygen atoms in total. The van der Waals surface area contributed by atoms with Crippen molar-refractivity contribution in [3.8, 4) is 0 Å². The van der Waals surface area contributed by atoms with Crippen LogP contribution in [-0.2, 0) is 9.53 Å². The SMILES string of the molecule is O=C(O)C(F)(OC(F)(F)F)C(F)F. The van der Waals surface area contributed by atoms with E-state index in [9.17, 15) is 31.1 Å². The third kappa shape index (κ3) is 3.09. The summed E-state index contributed by atoms with van der Waals surface area (Å²) in [6.07, 6.45) is -10.2. The number of hydrogen-bond donors (Lipinski definition) is 1. The number of alkyl halides is 6. The Morgan fingerprint density at radius 1 is 1.23 bits per heavy atom. The van der Waals surface area contributed by atoms with Gasteiger partial charge in [-0.15, -0.1) is 13.2 Å². The van der Waals surface area contributed by atoms with Crippen molar-refractivity contribution in [1.29, 1.82) is 0 Å². The van der Waals surface area contributed by atoms with Gasteiger partial charge in [-0.3, -0.25) is 0 Å². The molecule has 0 amide bonds. The molecular formula is C4H2F6O3. The Morgan fingerprint density at radius 2 is 1.62 bits per heavy atom. The van der Waals surface area contributed by atoms with E-state index >= 15 is 0 Å². The Balaban J connectivity index is 4.73. The summed E-state index contributed by atoms with van der Waals surface area (Å²) in [5, 5.41) is 7.69. The molecule has 1 atom stereocenters. The maximum absolute atomic E-state index is 12.2. The van der Waals surface area contributed by atoms with Gasteiger partial charge >= 0.3 is 24.6 Å². The number of aliphatic carboxylic acids is 1. The number of rotatable bonds is 3. The summed E-state index contributed by atoms with van der Waals surface area (Å²) < 4.78 is 71.0. The van der Waals surface area contributed by atoms with Crippen molar-refractivity contribution in [3.63, 3.8) is 0 Å². The van der Waals surface area contributed by atoms with Crippen LogP contribution in [0.5, 0.6) is 0 Å². The number of halogens is 6. The summed E-state index contributed by atoms with van der Waals surface area (Å²) >= 11 is 0. The molecule has 0 rings (SSSR count). The van der Waals surface area contributed by atoms with Crippen LogP contribution in [0.3, 0.4) is 0 Å². The molecule has 0 saturated carbocycles. The fraction of sp³-hybridized carbons (Fsp3) is 0.750. The summed E-state index contributed by atoms with van der Waals surface area (Å²) in [7, 11) is 0. The molecule has 0 spiro atoms. The van der Waals surface area contributed by atoms with Crippen molar-refractivity contribution in [2.24, 2.45) is 0 Å². The van der Waals surface area contributed by atoms with E-state index in [4.69, 9.17) is 5.11 Å². The topological polar surface area (TPSA) is 46.5 Å². The van der Waals surface area contributed by atoms with E-state index in [1.165, 1.54) is 0 Å². The summed E-state index contributed by atoms with van der Waals surface area (Å²) in [6.45, 7) is 0. The van der Waals surface area contributed by atoms with E-state index < -0.39 is 24.6 Å². The quantitative estimate of drug-likeness (QED) is 0.721. The van der Waals surface area contributed by atoms with E-state index in [-0.39, 0.29) is 0 Å². The predicted molar refractivity (Wildman–Crippen MR) is 24.6 cm³/mol. The third-order valence-electron chi connectivity index (χ3n) is 0.837. The van der Waals surface area contributed by atoms with Gasteiger partial charge in [0.25, 0.3) is 0 Å². The van der Waals surface area contributed by atoms with Gasteiger partial charge in [-0.25, -0.2) is 18.3 Å². The lowest BCUT2D eigenvalue weighted by Gasteiger charge is -2.20. The van der Waals surface area contributed by atoms with Gasteiger partial charge in [0, 0.05) is 0 Å². The summed E-state index contributed by atoms with van der Waals surface area (Å²) in [4.78, 5) is 9.66. The summed E-state index contributed by atoms with van der Waals surface area (Å²) in [6, 6.07) is 0. The average molecular weight is 212 g/mol. The van der Waals surface area contributed by atoms with Gasteiger partial charge in [-0.05, 0) is 0 Å². The van der Waals surface area contributed by atoms with Crippen molar-refractivity contribution < 1.29 is 41.0 Å². The average Bonchev–Trinajstić information content (AvgIpc) is 1.82. The van der Waals surface area contributed by atoms with Crippen LogP contribution in [0.4, 0.5) is 26.3 Å². The zero-order chi connectivity index (χ0) is 10.9. The highest BCUT2D eigenvalue weighted by atomic mass is 19.4. The van der Waals surface area contributed by atoms with Gasteiger partial charge in [0.2, 0.25) is 0 Å². The van der Waals surface area contributed by atoms with Gasteiger partial charge in [-0.1, -0.05) is 0 Å². The Morgan fingerprint density at radius 3 is 1.69 bits per heavy atom. The minimum atomic E-state index is -5.79. The van der Waals surface area contributed by atoms with Crippen LogP contribution in [0.15, 0.2) is 0 Å². The molecule has 78 valence electrons. The zero-order valence-electron chi connectivity index (χ0n) is 5.61. The Hall–Kier alpha value is -0.990. The maximum atomic E-state index is 12.2. The summed E-state index contributed by atoms with van der Waals surface area (Å²) in [5.74, 6) is -8.10. The van der Waals surface area contributed by atoms with E-state index in [1.54, 1.807) is 0 Å². The highest BCUT2D eigenvalue weighted by Gasteiger charge is 2.57. The first-order chi connectivity index (χ1) is 5.59. The molecule has 0 fully saturated rings. The van der Waals surface area contributed by atoms with Crippen molar-refractivity contribution >= 4 is 5.97 Å². The molecule has 0 radical (unpaired) electrons. The zero-order valence-corrected chi connectivity index (χ0v) is 5.61. The van der Waals surface area contributed by atoms with Crippen LogP contribution in [0.25, 0.3) is 0 Å². The molecule has 0 heterocycles.